The molecule has 0 saturated carbocycles. The number of nitrogens with zero attached hydrogens (tertiary/aromatic N) is 4. The second kappa shape index (κ2) is 9.74. The summed E-state index contributed by atoms with van der Waals surface area (Å²) in [5.41, 5.74) is 4.60. The Morgan fingerprint density at radius 2 is 1.54 bits per heavy atom. The van der Waals surface area contributed by atoms with Gasteiger partial charge in [-0.3, -0.25) is 0 Å². The van der Waals surface area contributed by atoms with Crippen molar-refractivity contribution in [3.05, 3.63) is 84.2 Å². The average Bonchev–Trinajstić information content (AvgIpc) is 3.28. The third-order valence-corrected chi connectivity index (χ3v) is 6.78. The van der Waals surface area contributed by atoms with E-state index < -0.39 is 0 Å². The molecule has 35 heavy (non-hydrogen) atoms. The van der Waals surface area contributed by atoms with E-state index in [9.17, 15) is 0 Å². The molecule has 2 N–H and O–H groups in total. The Hall–Kier alpha value is -3.93. The van der Waals surface area contributed by atoms with E-state index in [1.807, 2.05) is 0 Å². The van der Waals surface area contributed by atoms with Crippen molar-refractivity contribution in [3.8, 4) is 0 Å². The van der Waals surface area contributed by atoms with Crippen LogP contribution < -0.4 is 10.2 Å². The lowest BCUT2D eigenvalue weighted by molar-refractivity contribution is 0.565. The van der Waals surface area contributed by atoms with Gasteiger partial charge in [0.15, 0.2) is 0 Å². The van der Waals surface area contributed by atoms with Crippen LogP contribution in [0, 0.1) is 0 Å². The molecule has 1 aliphatic rings. The predicted octanol–water partition coefficient (Wildman–Crippen LogP) is 6.42. The molecule has 0 aliphatic carbocycles. The standard InChI is InChI=1S/C29H30N6/c1-3-10-21(11-4-1)12-9-15-27-32-28(34-29(33-27)35-18-7-2-8-19-35)30-22-16-17-26-24(20-22)23-13-5-6-14-25(23)31-26/h1,3-6,10-11,13-14,16-17,20,31H,2,7-9,12,15,18-19H2,(H,30,32,33,34). The maximum absolute atomic E-state index is 4.87. The Balaban J connectivity index is 1.27. The predicted molar refractivity (Wildman–Crippen MR) is 143 cm³/mol. The van der Waals surface area contributed by atoms with Gasteiger partial charge >= 0.3 is 0 Å². The van der Waals surface area contributed by atoms with E-state index in [-0.39, 0.29) is 0 Å². The highest BCUT2D eigenvalue weighted by molar-refractivity contribution is 6.08. The van der Waals surface area contributed by atoms with Gasteiger partial charge in [0.05, 0.1) is 0 Å². The van der Waals surface area contributed by atoms with Gasteiger partial charge in [0, 0.05) is 47.0 Å². The van der Waals surface area contributed by atoms with Gasteiger partial charge < -0.3 is 15.2 Å². The van der Waals surface area contributed by atoms with Gasteiger partial charge in [-0.25, -0.2) is 0 Å². The summed E-state index contributed by atoms with van der Waals surface area (Å²) < 4.78 is 0. The second-order valence-corrected chi connectivity index (χ2v) is 9.32. The van der Waals surface area contributed by atoms with Gasteiger partial charge in [-0.15, -0.1) is 0 Å². The van der Waals surface area contributed by atoms with Crippen LogP contribution in [0.4, 0.5) is 17.6 Å². The summed E-state index contributed by atoms with van der Waals surface area (Å²) in [4.78, 5) is 20.3. The van der Waals surface area contributed by atoms with E-state index in [0.717, 1.165) is 60.8 Å². The number of aromatic nitrogens is 4. The average molecular weight is 463 g/mol. The molecule has 0 atom stereocenters. The minimum absolute atomic E-state index is 0.620. The summed E-state index contributed by atoms with van der Waals surface area (Å²) in [5.74, 6) is 2.27. The van der Waals surface area contributed by atoms with E-state index in [1.54, 1.807) is 0 Å². The van der Waals surface area contributed by atoms with Crippen molar-refractivity contribution in [2.24, 2.45) is 0 Å². The van der Waals surface area contributed by atoms with E-state index in [4.69, 9.17) is 15.0 Å². The lowest BCUT2D eigenvalue weighted by Gasteiger charge is -2.27. The molecule has 2 aromatic heterocycles. The van der Waals surface area contributed by atoms with Crippen LogP contribution in [0.1, 0.15) is 37.1 Å². The van der Waals surface area contributed by atoms with Crippen molar-refractivity contribution in [2.45, 2.75) is 38.5 Å². The number of nitrogens with one attached hydrogen (secondary N) is 2. The van der Waals surface area contributed by atoms with Gasteiger partial charge in [0.2, 0.25) is 11.9 Å². The van der Waals surface area contributed by atoms with E-state index in [1.165, 1.54) is 35.6 Å². The number of rotatable bonds is 7. The van der Waals surface area contributed by atoms with Crippen LogP contribution >= 0.6 is 0 Å². The number of fused-ring (bicyclic) bond motifs is 3. The number of benzene rings is 3. The first-order chi connectivity index (χ1) is 17.3. The number of para-hydroxylation sites is 1. The number of aromatic amines is 1. The fourth-order valence-corrected chi connectivity index (χ4v) is 4.96. The lowest BCUT2D eigenvalue weighted by atomic mass is 10.1. The molecule has 0 unspecified atom stereocenters. The summed E-state index contributed by atoms with van der Waals surface area (Å²) in [6, 6.07) is 25.4. The quantitative estimate of drug-likeness (QED) is 0.292. The minimum Gasteiger partial charge on any atom is -0.355 e. The molecule has 5 aromatic rings. The fourth-order valence-electron chi connectivity index (χ4n) is 4.96. The molecular formula is C29H30N6. The van der Waals surface area contributed by atoms with Gasteiger partial charge in [-0.05, 0) is 61.9 Å². The molecule has 6 heteroatoms. The molecule has 3 aromatic carbocycles. The van der Waals surface area contributed by atoms with Crippen LogP contribution in [0.15, 0.2) is 72.8 Å². The topological polar surface area (TPSA) is 69.7 Å². The van der Waals surface area contributed by atoms with Gasteiger partial charge in [-0.1, -0.05) is 48.5 Å². The summed E-state index contributed by atoms with van der Waals surface area (Å²) in [5, 5.41) is 5.89. The molecule has 0 amide bonds. The number of piperidine rings is 1. The summed E-state index contributed by atoms with van der Waals surface area (Å²) in [6.45, 7) is 2.02. The SMILES string of the molecule is c1ccc(CCCc2nc(Nc3ccc4[nH]c5ccccc5c4c3)nc(N3CCCCC3)n2)cc1. The zero-order valence-corrected chi connectivity index (χ0v) is 19.9. The number of aryl methyl sites for hydroxylation is 2. The molecule has 1 fully saturated rings. The molecule has 0 spiro atoms. The highest BCUT2D eigenvalue weighted by Gasteiger charge is 2.17. The number of hydrogen-bond acceptors (Lipinski definition) is 5. The fraction of sp³-hybridized carbons (Fsp3) is 0.276. The Morgan fingerprint density at radius 1 is 0.743 bits per heavy atom. The third kappa shape index (κ3) is 4.83. The van der Waals surface area contributed by atoms with Crippen LogP contribution in [0.5, 0.6) is 0 Å². The Morgan fingerprint density at radius 3 is 2.43 bits per heavy atom. The highest BCUT2D eigenvalue weighted by Crippen LogP contribution is 2.29. The first kappa shape index (κ1) is 21.6. The van der Waals surface area contributed by atoms with Crippen molar-refractivity contribution < 1.29 is 0 Å². The number of H-pyrrole nitrogens is 1. The molecule has 1 aliphatic heterocycles. The maximum Gasteiger partial charge on any atom is 0.232 e. The van der Waals surface area contributed by atoms with Gasteiger partial charge in [-0.2, -0.15) is 15.0 Å². The highest BCUT2D eigenvalue weighted by atomic mass is 15.3. The zero-order chi connectivity index (χ0) is 23.5. The van der Waals surface area contributed by atoms with E-state index in [2.05, 4.69) is 88.0 Å². The van der Waals surface area contributed by atoms with Gasteiger partial charge in [0.1, 0.15) is 5.82 Å². The van der Waals surface area contributed by atoms with E-state index >= 15 is 0 Å². The first-order valence-corrected chi connectivity index (χ1v) is 12.6. The molecule has 176 valence electrons. The molecule has 3 heterocycles. The van der Waals surface area contributed by atoms with E-state index in [0.29, 0.717) is 5.95 Å². The van der Waals surface area contributed by atoms with Crippen LogP contribution in [0.2, 0.25) is 0 Å². The van der Waals surface area contributed by atoms with Crippen molar-refractivity contribution in [3.63, 3.8) is 0 Å². The lowest BCUT2D eigenvalue weighted by Crippen LogP contribution is -2.31. The van der Waals surface area contributed by atoms with Crippen LogP contribution in [0.3, 0.4) is 0 Å². The molecular weight excluding hydrogens is 432 g/mol. The third-order valence-electron chi connectivity index (χ3n) is 6.78. The van der Waals surface area contributed by atoms with Crippen molar-refractivity contribution in [1.82, 2.24) is 19.9 Å². The molecule has 6 rings (SSSR count). The van der Waals surface area contributed by atoms with Crippen LogP contribution in [-0.4, -0.2) is 33.0 Å². The van der Waals surface area contributed by atoms with Crippen LogP contribution in [-0.2, 0) is 12.8 Å². The first-order valence-electron chi connectivity index (χ1n) is 12.6. The van der Waals surface area contributed by atoms with Crippen molar-refractivity contribution >= 4 is 39.4 Å². The maximum atomic E-state index is 4.87. The largest absolute Gasteiger partial charge is 0.355 e. The second-order valence-electron chi connectivity index (χ2n) is 9.32. The number of hydrogen-bond donors (Lipinski definition) is 2. The monoisotopic (exact) mass is 462 g/mol. The Kier molecular flexibility index (Phi) is 6.01. The van der Waals surface area contributed by atoms with Gasteiger partial charge in [0.25, 0.3) is 0 Å². The molecule has 6 nitrogen and oxygen atoms in total. The smallest absolute Gasteiger partial charge is 0.232 e. The summed E-state index contributed by atoms with van der Waals surface area (Å²) in [6.07, 6.45) is 6.51. The Bertz CT molecular complexity index is 1440. The minimum atomic E-state index is 0.620. The summed E-state index contributed by atoms with van der Waals surface area (Å²) in [7, 11) is 0. The Labute approximate surface area is 205 Å². The molecule has 0 radical (unpaired) electrons. The van der Waals surface area contributed by atoms with Crippen molar-refractivity contribution in [2.75, 3.05) is 23.3 Å². The normalized spacial score (nSPS) is 14.0. The van der Waals surface area contributed by atoms with Crippen LogP contribution in [0.25, 0.3) is 21.8 Å². The molecule has 1 saturated heterocycles. The zero-order valence-electron chi connectivity index (χ0n) is 19.9. The summed E-state index contributed by atoms with van der Waals surface area (Å²) >= 11 is 0. The van der Waals surface area contributed by atoms with Crippen molar-refractivity contribution in [1.29, 1.82) is 0 Å². The number of anilines is 3. The molecule has 0 bridgehead atoms.